The van der Waals surface area contributed by atoms with Gasteiger partial charge in [0.2, 0.25) is 5.82 Å². The van der Waals surface area contributed by atoms with Gasteiger partial charge < -0.3 is 14.2 Å². The smallest absolute Gasteiger partial charge is 0.330 e. The highest BCUT2D eigenvalue weighted by Gasteiger charge is 2.55. The number of H-pyrrole nitrogens is 1. The Bertz CT molecular complexity index is 672. The second-order valence-electron chi connectivity index (χ2n) is 5.43. The van der Waals surface area contributed by atoms with Crippen LogP contribution in [0.4, 0.5) is 4.39 Å². The van der Waals surface area contributed by atoms with Crippen LogP contribution >= 0.6 is 22.6 Å². The second-order valence-corrected chi connectivity index (χ2v) is 6.31. The number of hydrogen-bond acceptors (Lipinski definition) is 5. The highest BCUT2D eigenvalue weighted by molar-refractivity contribution is 14.1. The van der Waals surface area contributed by atoms with Crippen LogP contribution in [0.5, 0.6) is 0 Å². The van der Waals surface area contributed by atoms with E-state index in [9.17, 15) is 14.0 Å². The van der Waals surface area contributed by atoms with Gasteiger partial charge in [0.05, 0.1) is 12.3 Å². The van der Waals surface area contributed by atoms with Crippen molar-refractivity contribution in [1.29, 1.82) is 0 Å². The van der Waals surface area contributed by atoms with Gasteiger partial charge in [-0.1, -0.05) is 22.6 Å². The standard InChI is InChI=1S/C12H14FIN2O5/c1-12(2)20-7-6(3-14)19-10(8(7)21-12)16-4-5(13)9(17)15-11(16)18/h4,6-8,10H,3H2,1-2H3,(H,15,17,18)/t6-,7?,8+,10-/m0/s1/i11+1,15+1,16+1. The maximum Gasteiger partial charge on any atom is 0.330 e. The number of alkyl halides is 1. The largest absolute Gasteiger partial charge is 0.348 e. The molecule has 0 radical (unpaired) electrons. The van der Waals surface area contributed by atoms with Gasteiger partial charge in [-0.3, -0.25) is 14.3 Å². The highest BCUT2D eigenvalue weighted by atomic mass is 127. The van der Waals surface area contributed by atoms with E-state index in [1.807, 2.05) is 4.98 Å². The molecule has 7 nitrogen and oxygen atoms in total. The molecule has 1 N–H and O–H groups in total. The maximum absolute atomic E-state index is 13.5. The van der Waals surface area contributed by atoms with Gasteiger partial charge in [0, 0.05) is 4.43 Å². The predicted octanol–water partition coefficient (Wildman–Crippen LogP) is 0.528. The number of rotatable bonds is 2. The second kappa shape index (κ2) is 5.14. The molecule has 3 heterocycles. The van der Waals surface area contributed by atoms with E-state index in [4.69, 9.17) is 14.2 Å². The summed E-state index contributed by atoms with van der Waals surface area (Å²) < 4.78 is 32.4. The van der Waals surface area contributed by atoms with Crippen LogP contribution in [0.25, 0.3) is 0 Å². The minimum Gasteiger partial charge on any atom is -0.348 e. The third kappa shape index (κ3) is 2.56. The summed E-state index contributed by atoms with van der Waals surface area (Å²) >= 11 is 2.15. The zero-order valence-corrected chi connectivity index (χ0v) is 13.5. The van der Waals surface area contributed by atoms with Crippen molar-refractivity contribution in [2.75, 3.05) is 4.43 Å². The number of nitrogens with zero attached hydrogens (tertiary/aromatic N) is 1. The predicted molar refractivity (Wildman–Crippen MR) is 77.9 cm³/mol. The summed E-state index contributed by atoms with van der Waals surface area (Å²) in [5.74, 6) is -1.85. The van der Waals surface area contributed by atoms with E-state index >= 15 is 0 Å². The van der Waals surface area contributed by atoms with Gasteiger partial charge in [0.25, 0.3) is 5.56 Å². The quantitative estimate of drug-likeness (QED) is 0.563. The lowest BCUT2D eigenvalue weighted by atomic mass is 10.1. The molecule has 2 saturated heterocycles. The Morgan fingerprint density at radius 2 is 2.05 bits per heavy atom. The average molecular weight is 415 g/mol. The zero-order chi connectivity index (χ0) is 15.4. The molecule has 3 rings (SSSR count). The molecule has 116 valence electrons. The molecule has 0 aliphatic carbocycles. The number of hydrogen-bond donors (Lipinski definition) is 1. The van der Waals surface area contributed by atoms with Gasteiger partial charge in [-0.25, -0.2) is 4.79 Å². The molecular weight excluding hydrogens is 401 g/mol. The lowest BCUT2D eigenvalue weighted by Crippen LogP contribution is -2.38. The van der Waals surface area contributed by atoms with E-state index < -0.39 is 35.2 Å². The van der Waals surface area contributed by atoms with Crippen LogP contribution in [0.2, 0.25) is 0 Å². The minimum atomic E-state index is -1.06. The molecule has 0 bridgehead atoms. The van der Waals surface area contributed by atoms with Crippen LogP contribution in [-0.2, 0) is 14.2 Å². The molecule has 0 spiro atoms. The third-order valence-electron chi connectivity index (χ3n) is 3.48. The van der Waals surface area contributed by atoms with Gasteiger partial charge in [-0.15, -0.1) is 0 Å². The van der Waals surface area contributed by atoms with Crippen LogP contribution in [0.15, 0.2) is 15.8 Å². The van der Waals surface area contributed by atoms with Crippen LogP contribution < -0.4 is 11.2 Å². The van der Waals surface area contributed by atoms with Gasteiger partial charge in [0.1, 0.15) is 12.2 Å². The number of fused-ring (bicyclic) bond motifs is 1. The molecule has 4 atom stereocenters. The van der Waals surface area contributed by atoms with Crippen molar-refractivity contribution >= 4 is 22.6 Å². The number of ether oxygens (including phenoxy) is 3. The van der Waals surface area contributed by atoms with E-state index in [1.54, 1.807) is 13.8 Å². The first-order valence-corrected chi connectivity index (χ1v) is 7.93. The van der Waals surface area contributed by atoms with Gasteiger partial charge in [0.15, 0.2) is 12.0 Å². The molecule has 21 heavy (non-hydrogen) atoms. The highest BCUT2D eigenvalue weighted by Crippen LogP contribution is 2.42. The van der Waals surface area contributed by atoms with Crippen molar-refractivity contribution in [3.63, 3.8) is 0 Å². The van der Waals surface area contributed by atoms with Crippen LogP contribution in [0.1, 0.15) is 20.1 Å². The molecule has 9 heteroatoms. The number of halogens is 2. The fourth-order valence-corrected chi connectivity index (χ4v) is 3.37. The molecule has 1 aromatic heterocycles. The molecule has 0 amide bonds. The third-order valence-corrected chi connectivity index (χ3v) is 4.34. The molecule has 1 aromatic rings. The minimum absolute atomic E-state index is 0.274. The summed E-state index contributed by atoms with van der Waals surface area (Å²) in [6.07, 6.45) is -1.15. The number of nitrogens with one attached hydrogen (secondary N) is 1. The first-order valence-electron chi connectivity index (χ1n) is 6.40. The molecule has 2 fully saturated rings. The van der Waals surface area contributed by atoms with E-state index in [2.05, 4.69) is 22.6 Å². The lowest BCUT2D eigenvalue weighted by Gasteiger charge is -2.24. The molecule has 1 unspecified atom stereocenters. The lowest BCUT2D eigenvalue weighted by molar-refractivity contribution is -0.194. The fraction of sp³-hybridized carbons (Fsp3) is 0.667. The van der Waals surface area contributed by atoms with Crippen molar-refractivity contribution in [2.24, 2.45) is 0 Å². The van der Waals surface area contributed by atoms with Crippen molar-refractivity contribution < 1.29 is 18.6 Å². The topological polar surface area (TPSA) is 82.5 Å². The van der Waals surface area contributed by atoms with E-state index in [1.165, 1.54) is 0 Å². The summed E-state index contributed by atoms with van der Waals surface area (Å²) in [5, 5.41) is 0. The van der Waals surface area contributed by atoms with E-state index in [0.29, 0.717) is 4.43 Å². The number of aromatic amines is 1. The van der Waals surface area contributed by atoms with Gasteiger partial charge >= 0.3 is 5.69 Å². The maximum atomic E-state index is 13.5. The summed E-state index contributed by atoms with van der Waals surface area (Å²) in [5.41, 5.74) is -1.80. The summed E-state index contributed by atoms with van der Waals surface area (Å²) in [6.45, 7) is 3.53. The summed E-state index contributed by atoms with van der Waals surface area (Å²) in [6, 6.07) is 0. The van der Waals surface area contributed by atoms with Crippen molar-refractivity contribution in [3.8, 4) is 0 Å². The van der Waals surface area contributed by atoms with Crippen molar-refractivity contribution in [3.05, 3.63) is 32.9 Å². The molecule has 0 aromatic carbocycles. The fourth-order valence-electron chi connectivity index (χ4n) is 2.66. The van der Waals surface area contributed by atoms with Crippen LogP contribution in [0.3, 0.4) is 0 Å². The Kier molecular flexibility index (Phi) is 3.71. The summed E-state index contributed by atoms with van der Waals surface area (Å²) in [7, 11) is 0. The molecular formula is C12H14FIN2O5. The number of aromatic nitrogens is 2. The Morgan fingerprint density at radius 3 is 2.71 bits per heavy atom. The Balaban J connectivity index is 2.01. The van der Waals surface area contributed by atoms with Gasteiger partial charge in [-0.2, -0.15) is 4.39 Å². The van der Waals surface area contributed by atoms with E-state index in [-0.39, 0.29) is 12.2 Å². The Morgan fingerprint density at radius 1 is 1.38 bits per heavy atom. The Hall–Kier alpha value is -0.780. The van der Waals surface area contributed by atoms with Crippen molar-refractivity contribution in [1.82, 2.24) is 9.55 Å². The monoisotopic (exact) mass is 415 g/mol. The van der Waals surface area contributed by atoms with Crippen LogP contribution in [-0.4, -0.2) is 38.1 Å². The first-order chi connectivity index (χ1) is 9.82. The molecule has 2 aliphatic heterocycles. The molecule has 0 saturated carbocycles. The zero-order valence-electron chi connectivity index (χ0n) is 11.3. The SMILES string of the molecule is CC1(C)OC2[C@H](CI)O[C@H]([15n]3cc(F)c(=O)[15nH][13c]3=O)[C@@H]2O1. The molecule has 2 aliphatic rings. The normalized spacial score (nSPS) is 34.1. The Labute approximate surface area is 132 Å². The van der Waals surface area contributed by atoms with Gasteiger partial charge in [-0.05, 0) is 13.8 Å². The van der Waals surface area contributed by atoms with Crippen LogP contribution in [0, 0.1) is 5.82 Å². The van der Waals surface area contributed by atoms with Crippen molar-refractivity contribution in [2.45, 2.75) is 44.2 Å². The average Bonchev–Trinajstić information content (AvgIpc) is 2.87. The first kappa shape index (κ1) is 15.1. The van der Waals surface area contributed by atoms with E-state index in [0.717, 1.165) is 10.8 Å². The summed E-state index contributed by atoms with van der Waals surface area (Å²) in [4.78, 5) is 24.9.